The summed E-state index contributed by atoms with van der Waals surface area (Å²) in [6.07, 6.45) is 0. The van der Waals surface area contributed by atoms with Gasteiger partial charge in [-0.05, 0) is 42.7 Å². The normalized spacial score (nSPS) is 13.8. The summed E-state index contributed by atoms with van der Waals surface area (Å²) in [5.74, 6) is -0.812. The predicted octanol–water partition coefficient (Wildman–Crippen LogP) is 2.63. The number of aryl methyl sites for hydroxylation is 1. The van der Waals surface area contributed by atoms with E-state index in [-0.39, 0.29) is 5.56 Å². The summed E-state index contributed by atoms with van der Waals surface area (Å²) >= 11 is 0. The molecule has 1 heterocycles. The summed E-state index contributed by atoms with van der Waals surface area (Å²) in [6.45, 7) is 4.50. The largest absolute Gasteiger partial charge is 0.486 e. The van der Waals surface area contributed by atoms with Crippen molar-refractivity contribution in [3.05, 3.63) is 58.7 Å². The first-order valence-corrected chi connectivity index (χ1v) is 7.97. The van der Waals surface area contributed by atoms with Crippen molar-refractivity contribution >= 4 is 11.9 Å². The lowest BCUT2D eigenvalue weighted by Gasteiger charge is -2.22. The van der Waals surface area contributed by atoms with E-state index in [9.17, 15) is 14.7 Å². The number of ether oxygens (including phenoxy) is 2. The number of nitrogens with one attached hydrogen (secondary N) is 1. The molecular formula is C19H19NO5. The minimum atomic E-state index is -1.15. The zero-order valence-corrected chi connectivity index (χ0v) is 14.0. The fourth-order valence-electron chi connectivity index (χ4n) is 2.82. The summed E-state index contributed by atoms with van der Waals surface area (Å²) in [4.78, 5) is 24.4. The highest BCUT2D eigenvalue weighted by Crippen LogP contribution is 2.34. The molecule has 0 aliphatic carbocycles. The number of para-hydroxylation sites is 1. The van der Waals surface area contributed by atoms with Crippen LogP contribution in [-0.4, -0.2) is 30.2 Å². The van der Waals surface area contributed by atoms with Gasteiger partial charge in [-0.15, -0.1) is 0 Å². The molecule has 0 radical (unpaired) electrons. The van der Waals surface area contributed by atoms with Gasteiger partial charge >= 0.3 is 5.97 Å². The van der Waals surface area contributed by atoms with Crippen LogP contribution in [0.2, 0.25) is 0 Å². The Morgan fingerprint density at radius 1 is 1.08 bits per heavy atom. The Kier molecular flexibility index (Phi) is 4.61. The van der Waals surface area contributed by atoms with Crippen molar-refractivity contribution < 1.29 is 24.2 Å². The third-order valence-electron chi connectivity index (χ3n) is 4.29. The van der Waals surface area contributed by atoms with E-state index in [2.05, 4.69) is 5.32 Å². The van der Waals surface area contributed by atoms with Crippen molar-refractivity contribution in [3.8, 4) is 11.5 Å². The number of carboxylic acid groups (broad SMARTS) is 1. The SMILES string of the molecule is Cc1cccc(C(NC(=O)c2cccc3c2OCCO3)C(=O)O)c1C. The van der Waals surface area contributed by atoms with Crippen molar-refractivity contribution in [1.82, 2.24) is 5.32 Å². The molecule has 1 aliphatic rings. The Morgan fingerprint density at radius 2 is 1.80 bits per heavy atom. The Balaban J connectivity index is 1.92. The molecule has 25 heavy (non-hydrogen) atoms. The highest BCUT2D eigenvalue weighted by molar-refractivity contribution is 6.00. The monoisotopic (exact) mass is 341 g/mol. The van der Waals surface area contributed by atoms with E-state index in [0.29, 0.717) is 30.3 Å². The average molecular weight is 341 g/mol. The number of carbonyl (C=O) groups is 2. The number of amides is 1. The van der Waals surface area contributed by atoms with Crippen molar-refractivity contribution in [1.29, 1.82) is 0 Å². The number of aliphatic carboxylic acids is 1. The van der Waals surface area contributed by atoms with Crippen LogP contribution in [0, 0.1) is 13.8 Å². The lowest BCUT2D eigenvalue weighted by molar-refractivity contribution is -0.139. The summed E-state index contributed by atoms with van der Waals surface area (Å²) in [5, 5.41) is 12.2. The number of hydrogen-bond acceptors (Lipinski definition) is 4. The molecule has 0 fully saturated rings. The van der Waals surface area contributed by atoms with Crippen LogP contribution >= 0.6 is 0 Å². The second kappa shape index (κ2) is 6.84. The molecule has 6 nitrogen and oxygen atoms in total. The zero-order valence-electron chi connectivity index (χ0n) is 14.0. The van der Waals surface area contributed by atoms with Gasteiger partial charge in [-0.25, -0.2) is 4.79 Å². The lowest BCUT2D eigenvalue weighted by atomic mass is 9.97. The Hall–Kier alpha value is -3.02. The first-order valence-electron chi connectivity index (χ1n) is 7.97. The zero-order chi connectivity index (χ0) is 18.0. The highest BCUT2D eigenvalue weighted by Gasteiger charge is 2.27. The first-order chi connectivity index (χ1) is 12.0. The van der Waals surface area contributed by atoms with Gasteiger partial charge in [0.2, 0.25) is 0 Å². The van der Waals surface area contributed by atoms with Crippen LogP contribution in [0.1, 0.15) is 33.1 Å². The molecule has 1 atom stereocenters. The number of carboxylic acids is 1. The quantitative estimate of drug-likeness (QED) is 0.893. The van der Waals surface area contributed by atoms with E-state index in [1.54, 1.807) is 30.3 Å². The van der Waals surface area contributed by atoms with E-state index in [1.807, 2.05) is 19.9 Å². The van der Waals surface area contributed by atoms with Crippen LogP contribution in [0.25, 0.3) is 0 Å². The van der Waals surface area contributed by atoms with Crippen LogP contribution < -0.4 is 14.8 Å². The van der Waals surface area contributed by atoms with Gasteiger partial charge in [0.1, 0.15) is 13.2 Å². The minimum Gasteiger partial charge on any atom is -0.486 e. The van der Waals surface area contributed by atoms with Gasteiger partial charge in [0, 0.05) is 0 Å². The maximum Gasteiger partial charge on any atom is 0.330 e. The topological polar surface area (TPSA) is 84.9 Å². The highest BCUT2D eigenvalue weighted by atomic mass is 16.6. The Bertz CT molecular complexity index is 831. The molecule has 130 valence electrons. The summed E-state index contributed by atoms with van der Waals surface area (Å²) < 4.78 is 11.0. The second-order valence-corrected chi connectivity index (χ2v) is 5.86. The Labute approximate surface area is 145 Å². The van der Waals surface area contributed by atoms with Crippen LogP contribution in [0.3, 0.4) is 0 Å². The van der Waals surface area contributed by atoms with Gasteiger partial charge in [0.15, 0.2) is 17.5 Å². The lowest BCUT2D eigenvalue weighted by Crippen LogP contribution is -2.35. The van der Waals surface area contributed by atoms with Gasteiger partial charge < -0.3 is 19.9 Å². The number of hydrogen-bond donors (Lipinski definition) is 2. The number of benzene rings is 2. The van der Waals surface area contributed by atoms with Crippen molar-refractivity contribution in [2.75, 3.05) is 13.2 Å². The number of carbonyl (C=O) groups excluding carboxylic acids is 1. The van der Waals surface area contributed by atoms with E-state index in [4.69, 9.17) is 9.47 Å². The molecule has 1 amide bonds. The van der Waals surface area contributed by atoms with Crippen molar-refractivity contribution in [2.45, 2.75) is 19.9 Å². The van der Waals surface area contributed by atoms with E-state index in [1.165, 1.54) is 0 Å². The van der Waals surface area contributed by atoms with Gasteiger partial charge in [0.05, 0.1) is 5.56 Å². The van der Waals surface area contributed by atoms with Crippen LogP contribution in [0.5, 0.6) is 11.5 Å². The number of fused-ring (bicyclic) bond motifs is 1. The summed E-state index contributed by atoms with van der Waals surface area (Å²) in [7, 11) is 0. The van der Waals surface area contributed by atoms with Crippen LogP contribution in [0.15, 0.2) is 36.4 Å². The molecule has 0 saturated carbocycles. The standard InChI is InChI=1S/C19H19NO5/c1-11-5-3-6-13(12(11)2)16(19(22)23)20-18(21)14-7-4-8-15-17(14)25-10-9-24-15/h3-8,16H,9-10H2,1-2H3,(H,20,21)(H,22,23). The van der Waals surface area contributed by atoms with Gasteiger partial charge in [0.25, 0.3) is 5.91 Å². The van der Waals surface area contributed by atoms with Crippen molar-refractivity contribution in [2.24, 2.45) is 0 Å². The Morgan fingerprint density at radius 3 is 2.56 bits per heavy atom. The molecule has 0 spiro atoms. The fourth-order valence-corrected chi connectivity index (χ4v) is 2.82. The summed E-state index contributed by atoms with van der Waals surface area (Å²) in [5.41, 5.74) is 2.62. The van der Waals surface area contributed by atoms with Gasteiger partial charge in [-0.3, -0.25) is 4.79 Å². The molecule has 1 aliphatic heterocycles. The fraction of sp³-hybridized carbons (Fsp3) is 0.263. The second-order valence-electron chi connectivity index (χ2n) is 5.86. The average Bonchev–Trinajstić information content (AvgIpc) is 2.61. The molecule has 0 saturated heterocycles. The molecule has 0 aromatic heterocycles. The maximum absolute atomic E-state index is 12.7. The molecule has 3 rings (SSSR count). The minimum absolute atomic E-state index is 0.258. The molecule has 2 aromatic carbocycles. The predicted molar refractivity (Wildman–Crippen MR) is 91.2 cm³/mol. The molecule has 0 bridgehead atoms. The third kappa shape index (κ3) is 3.28. The number of rotatable bonds is 4. The van der Waals surface area contributed by atoms with Gasteiger partial charge in [-0.2, -0.15) is 0 Å². The van der Waals surface area contributed by atoms with E-state index in [0.717, 1.165) is 11.1 Å². The van der Waals surface area contributed by atoms with Gasteiger partial charge in [-0.1, -0.05) is 24.3 Å². The molecule has 2 aromatic rings. The van der Waals surface area contributed by atoms with E-state index >= 15 is 0 Å². The summed E-state index contributed by atoms with van der Waals surface area (Å²) in [6, 6.07) is 9.22. The van der Waals surface area contributed by atoms with E-state index < -0.39 is 17.9 Å². The van der Waals surface area contributed by atoms with Crippen LogP contribution in [-0.2, 0) is 4.79 Å². The molecule has 2 N–H and O–H groups in total. The third-order valence-corrected chi connectivity index (χ3v) is 4.29. The first kappa shape index (κ1) is 16.8. The molecule has 1 unspecified atom stereocenters. The maximum atomic E-state index is 12.7. The van der Waals surface area contributed by atoms with Crippen molar-refractivity contribution in [3.63, 3.8) is 0 Å². The molecule has 6 heteroatoms. The smallest absolute Gasteiger partial charge is 0.330 e. The van der Waals surface area contributed by atoms with Crippen LogP contribution in [0.4, 0.5) is 0 Å². The molecular weight excluding hydrogens is 322 g/mol.